The number of benzene rings is 2. The van der Waals surface area contributed by atoms with E-state index in [4.69, 9.17) is 0 Å². The van der Waals surface area contributed by atoms with Gasteiger partial charge in [-0.05, 0) is 38.5 Å². The zero-order chi connectivity index (χ0) is 16.6. The van der Waals surface area contributed by atoms with E-state index >= 15 is 0 Å². The van der Waals surface area contributed by atoms with Crippen molar-refractivity contribution >= 4 is 11.8 Å². The fraction of sp³-hybridized carbons (Fsp3) is 0.263. The van der Waals surface area contributed by atoms with Crippen LogP contribution in [-0.4, -0.2) is 27.4 Å². The third-order valence-corrected chi connectivity index (χ3v) is 3.88. The summed E-state index contributed by atoms with van der Waals surface area (Å²) >= 11 is 0. The average molecular weight is 308 g/mol. The molecule has 0 radical (unpaired) electrons. The van der Waals surface area contributed by atoms with Crippen LogP contribution in [0.3, 0.4) is 0 Å². The number of hydrogen-bond donors (Lipinski definition) is 0. The molecule has 0 N–H and O–H groups in total. The summed E-state index contributed by atoms with van der Waals surface area (Å²) in [6, 6.07) is 17.9. The van der Waals surface area contributed by atoms with Crippen LogP contribution in [0, 0.1) is 0 Å². The molecule has 2 aromatic rings. The van der Waals surface area contributed by atoms with Crippen LogP contribution < -0.4 is 0 Å². The van der Waals surface area contributed by atoms with Crippen LogP contribution in [0.1, 0.15) is 42.7 Å². The van der Waals surface area contributed by atoms with Crippen molar-refractivity contribution in [3.63, 3.8) is 0 Å². The van der Waals surface area contributed by atoms with E-state index in [1.165, 1.54) is 0 Å². The maximum atomic E-state index is 12.9. The van der Waals surface area contributed by atoms with E-state index in [2.05, 4.69) is 0 Å². The van der Waals surface area contributed by atoms with Crippen LogP contribution in [0.25, 0.3) is 0 Å². The van der Waals surface area contributed by atoms with Crippen LogP contribution in [0.5, 0.6) is 0 Å². The first-order valence-corrected chi connectivity index (χ1v) is 7.69. The largest absolute Gasteiger partial charge is 0.273 e. The lowest BCUT2D eigenvalue weighted by atomic mass is 9.95. The van der Waals surface area contributed by atoms with Gasteiger partial charge in [-0.1, -0.05) is 48.5 Å². The molecule has 23 heavy (non-hydrogen) atoms. The Labute approximate surface area is 136 Å². The number of carbonyl (C=O) groups is 2. The van der Waals surface area contributed by atoms with Gasteiger partial charge in [0.15, 0.2) is 6.04 Å². The van der Waals surface area contributed by atoms with Crippen molar-refractivity contribution in [1.29, 1.82) is 0 Å². The predicted molar refractivity (Wildman–Crippen MR) is 88.4 cm³/mol. The molecule has 1 heterocycles. The third-order valence-electron chi connectivity index (χ3n) is 3.88. The minimum absolute atomic E-state index is 0.0482. The lowest BCUT2D eigenvalue weighted by molar-refractivity contribution is -0.200. The Balaban J connectivity index is 2.00. The van der Waals surface area contributed by atoms with Crippen molar-refractivity contribution in [3.8, 4) is 0 Å². The lowest BCUT2D eigenvalue weighted by Crippen LogP contribution is -2.70. The average Bonchev–Trinajstić information content (AvgIpc) is 2.52. The van der Waals surface area contributed by atoms with Gasteiger partial charge >= 0.3 is 0 Å². The van der Waals surface area contributed by atoms with Crippen LogP contribution >= 0.6 is 0 Å². The Morgan fingerprint density at radius 2 is 1.43 bits per heavy atom. The fourth-order valence-electron chi connectivity index (χ4n) is 2.88. The third kappa shape index (κ3) is 2.61. The molecule has 0 spiro atoms. The minimum Gasteiger partial charge on any atom is -0.270 e. The molecule has 0 aromatic heterocycles. The Kier molecular flexibility index (Phi) is 3.68. The van der Waals surface area contributed by atoms with Gasteiger partial charge < -0.3 is 0 Å². The Hall–Kier alpha value is -2.62. The van der Waals surface area contributed by atoms with Crippen molar-refractivity contribution in [3.05, 3.63) is 71.8 Å². The van der Waals surface area contributed by atoms with Gasteiger partial charge in [-0.15, -0.1) is 0 Å². The maximum Gasteiger partial charge on any atom is 0.273 e. The van der Waals surface area contributed by atoms with Crippen LogP contribution in [0.4, 0.5) is 0 Å². The van der Waals surface area contributed by atoms with Gasteiger partial charge in [0.1, 0.15) is 0 Å². The van der Waals surface area contributed by atoms with E-state index in [1.807, 2.05) is 69.3 Å². The minimum atomic E-state index is -0.553. The van der Waals surface area contributed by atoms with Gasteiger partial charge in [0, 0.05) is 5.56 Å². The monoisotopic (exact) mass is 308 g/mol. The molecule has 1 atom stereocenters. The molecule has 4 heteroatoms. The standard InChI is InChI=1S/C19H20N2O2/c1-19(2,3)21-18(23)16(14-10-6-4-7-11-14)20(21)17(22)15-12-8-5-9-13-15/h4-13,16H,1-3H3. The molecule has 0 saturated carbocycles. The van der Waals surface area contributed by atoms with Gasteiger partial charge in [-0.2, -0.15) is 0 Å². The molecule has 1 aliphatic heterocycles. The number of nitrogens with zero attached hydrogens (tertiary/aromatic N) is 2. The van der Waals surface area contributed by atoms with E-state index in [0.29, 0.717) is 5.56 Å². The summed E-state index contributed by atoms with van der Waals surface area (Å²) in [5.41, 5.74) is 0.963. The molecule has 3 rings (SSSR count). The van der Waals surface area contributed by atoms with E-state index in [0.717, 1.165) is 5.56 Å². The first-order valence-electron chi connectivity index (χ1n) is 7.69. The van der Waals surface area contributed by atoms with Gasteiger partial charge in [0.05, 0.1) is 5.54 Å². The number of hydrogen-bond acceptors (Lipinski definition) is 2. The Morgan fingerprint density at radius 1 is 0.913 bits per heavy atom. The second-order valence-corrected chi connectivity index (χ2v) is 6.65. The first-order chi connectivity index (χ1) is 10.9. The fourth-order valence-corrected chi connectivity index (χ4v) is 2.88. The molecule has 1 fully saturated rings. The lowest BCUT2D eigenvalue weighted by Gasteiger charge is -2.55. The van der Waals surface area contributed by atoms with Crippen molar-refractivity contribution in [2.24, 2.45) is 0 Å². The molecule has 1 unspecified atom stereocenters. The van der Waals surface area contributed by atoms with Crippen molar-refractivity contribution in [1.82, 2.24) is 10.0 Å². The zero-order valence-electron chi connectivity index (χ0n) is 13.6. The summed E-state index contributed by atoms with van der Waals surface area (Å²) in [5, 5.41) is 3.13. The van der Waals surface area contributed by atoms with E-state index in [1.54, 1.807) is 22.2 Å². The smallest absolute Gasteiger partial charge is 0.270 e. The molecule has 4 nitrogen and oxygen atoms in total. The Morgan fingerprint density at radius 3 is 1.96 bits per heavy atom. The highest BCUT2D eigenvalue weighted by atomic mass is 16.2. The molecule has 1 aliphatic rings. The number of rotatable bonds is 2. The SMILES string of the molecule is CC(C)(C)N1C(=O)C(c2ccccc2)N1C(=O)c1ccccc1. The molecule has 1 saturated heterocycles. The van der Waals surface area contributed by atoms with Gasteiger partial charge in [0.25, 0.3) is 11.8 Å². The highest BCUT2D eigenvalue weighted by Gasteiger charge is 2.53. The summed E-state index contributed by atoms with van der Waals surface area (Å²) in [7, 11) is 0. The van der Waals surface area contributed by atoms with Crippen molar-refractivity contribution in [2.45, 2.75) is 32.4 Å². The second-order valence-electron chi connectivity index (χ2n) is 6.65. The van der Waals surface area contributed by atoms with Crippen molar-refractivity contribution in [2.75, 3.05) is 0 Å². The molecule has 118 valence electrons. The number of carbonyl (C=O) groups excluding carboxylic acids is 2. The van der Waals surface area contributed by atoms with Crippen LogP contribution in [-0.2, 0) is 4.79 Å². The van der Waals surface area contributed by atoms with Gasteiger partial charge in [-0.3, -0.25) is 9.59 Å². The number of amides is 2. The van der Waals surface area contributed by atoms with Gasteiger partial charge in [0.2, 0.25) is 0 Å². The highest BCUT2D eigenvalue weighted by molar-refractivity contribution is 6.03. The molecule has 0 bridgehead atoms. The molecule has 2 aromatic carbocycles. The van der Waals surface area contributed by atoms with Gasteiger partial charge in [-0.25, -0.2) is 10.0 Å². The summed E-state index contributed by atoms with van der Waals surface area (Å²) in [6.07, 6.45) is 0. The Bertz CT molecular complexity index is 720. The van der Waals surface area contributed by atoms with Crippen molar-refractivity contribution < 1.29 is 9.59 Å². The van der Waals surface area contributed by atoms with Crippen LogP contribution in [0.15, 0.2) is 60.7 Å². The summed E-state index contributed by atoms with van der Waals surface area (Å²) in [6.45, 7) is 5.78. The summed E-state index contributed by atoms with van der Waals surface area (Å²) < 4.78 is 0. The predicted octanol–water partition coefficient (Wildman–Crippen LogP) is 3.43. The topological polar surface area (TPSA) is 40.6 Å². The molecule has 0 aliphatic carbocycles. The first kappa shape index (κ1) is 15.3. The normalized spacial score (nSPS) is 17.9. The summed E-state index contributed by atoms with van der Waals surface area (Å²) in [4.78, 5) is 25.6. The quantitative estimate of drug-likeness (QED) is 0.853. The maximum absolute atomic E-state index is 12.9. The zero-order valence-corrected chi connectivity index (χ0v) is 13.6. The van der Waals surface area contributed by atoms with Crippen LogP contribution in [0.2, 0.25) is 0 Å². The molecule has 2 amide bonds. The number of hydrazine groups is 1. The van der Waals surface area contributed by atoms with E-state index < -0.39 is 11.6 Å². The highest BCUT2D eigenvalue weighted by Crippen LogP contribution is 2.40. The second kappa shape index (κ2) is 5.54. The molecular weight excluding hydrogens is 288 g/mol. The van der Waals surface area contributed by atoms with E-state index in [-0.39, 0.29) is 11.8 Å². The van der Waals surface area contributed by atoms with E-state index in [9.17, 15) is 9.59 Å². The summed E-state index contributed by atoms with van der Waals surface area (Å²) in [5.74, 6) is -0.207. The molecular formula is C19H20N2O2.